The van der Waals surface area contributed by atoms with Crippen molar-refractivity contribution in [2.24, 2.45) is 5.92 Å². The maximum Gasteiger partial charge on any atom is 0.156 e. The zero-order chi connectivity index (χ0) is 10.7. The molecule has 1 aliphatic carbocycles. The van der Waals surface area contributed by atoms with Crippen LogP contribution in [0.2, 0.25) is 0 Å². The van der Waals surface area contributed by atoms with Gasteiger partial charge in [-0.05, 0) is 36.0 Å². The standard InChI is InChI=1S/C14H16O/c1-2-11-8-9-13(15)10-14(11)12-6-4-3-5-7-12/h3-7,10-11H,2,8-9H2,1H3. The number of hydrogen-bond acceptors (Lipinski definition) is 1. The Hall–Kier alpha value is -1.37. The normalized spacial score (nSPS) is 21.3. The molecule has 0 N–H and O–H groups in total. The van der Waals surface area contributed by atoms with Gasteiger partial charge < -0.3 is 0 Å². The Morgan fingerprint density at radius 1 is 1.27 bits per heavy atom. The summed E-state index contributed by atoms with van der Waals surface area (Å²) in [5, 5.41) is 0. The SMILES string of the molecule is CCC1CCC(=O)C=C1c1ccccc1. The van der Waals surface area contributed by atoms with E-state index < -0.39 is 0 Å². The maximum atomic E-state index is 11.4. The zero-order valence-corrected chi connectivity index (χ0v) is 9.07. The predicted molar refractivity (Wildman–Crippen MR) is 62.4 cm³/mol. The third kappa shape index (κ3) is 2.17. The van der Waals surface area contributed by atoms with Crippen molar-refractivity contribution in [2.75, 3.05) is 0 Å². The molecule has 15 heavy (non-hydrogen) atoms. The van der Waals surface area contributed by atoms with Gasteiger partial charge in [-0.3, -0.25) is 4.79 Å². The fourth-order valence-corrected chi connectivity index (χ4v) is 2.21. The van der Waals surface area contributed by atoms with Crippen molar-refractivity contribution in [3.8, 4) is 0 Å². The second-order valence-electron chi connectivity index (χ2n) is 4.08. The van der Waals surface area contributed by atoms with Gasteiger partial charge in [-0.2, -0.15) is 0 Å². The molecule has 1 nitrogen and oxygen atoms in total. The fraction of sp³-hybridized carbons (Fsp3) is 0.357. The van der Waals surface area contributed by atoms with Crippen molar-refractivity contribution < 1.29 is 4.79 Å². The number of hydrogen-bond donors (Lipinski definition) is 0. The second-order valence-corrected chi connectivity index (χ2v) is 4.08. The smallest absolute Gasteiger partial charge is 0.156 e. The third-order valence-corrected chi connectivity index (χ3v) is 3.10. The predicted octanol–water partition coefficient (Wildman–Crippen LogP) is 3.46. The molecular formula is C14H16O. The fourth-order valence-electron chi connectivity index (χ4n) is 2.21. The second kappa shape index (κ2) is 4.43. The Balaban J connectivity index is 2.36. The highest BCUT2D eigenvalue weighted by atomic mass is 16.1. The van der Waals surface area contributed by atoms with Gasteiger partial charge in [0.2, 0.25) is 0 Å². The molecule has 0 saturated heterocycles. The third-order valence-electron chi connectivity index (χ3n) is 3.10. The van der Waals surface area contributed by atoms with Crippen LogP contribution in [0, 0.1) is 5.92 Å². The summed E-state index contributed by atoms with van der Waals surface area (Å²) in [4.78, 5) is 11.4. The Bertz CT molecular complexity index is 376. The van der Waals surface area contributed by atoms with E-state index in [2.05, 4.69) is 19.1 Å². The van der Waals surface area contributed by atoms with Gasteiger partial charge in [-0.25, -0.2) is 0 Å². The van der Waals surface area contributed by atoms with Crippen LogP contribution in [0.4, 0.5) is 0 Å². The van der Waals surface area contributed by atoms with Crippen LogP contribution in [0.15, 0.2) is 36.4 Å². The van der Waals surface area contributed by atoms with Gasteiger partial charge in [0.05, 0.1) is 0 Å². The summed E-state index contributed by atoms with van der Waals surface area (Å²) in [6.07, 6.45) is 4.69. The molecule has 0 saturated carbocycles. The number of carbonyl (C=O) groups is 1. The molecule has 1 atom stereocenters. The van der Waals surface area contributed by atoms with Crippen molar-refractivity contribution in [3.05, 3.63) is 42.0 Å². The summed E-state index contributed by atoms with van der Waals surface area (Å²) in [6, 6.07) is 10.2. The van der Waals surface area contributed by atoms with E-state index in [1.807, 2.05) is 24.3 Å². The summed E-state index contributed by atoms with van der Waals surface area (Å²) in [6.45, 7) is 2.19. The van der Waals surface area contributed by atoms with Crippen molar-refractivity contribution >= 4 is 11.4 Å². The lowest BCUT2D eigenvalue weighted by Crippen LogP contribution is -2.12. The average Bonchev–Trinajstić information content (AvgIpc) is 2.30. The molecule has 1 aliphatic rings. The average molecular weight is 200 g/mol. The van der Waals surface area contributed by atoms with E-state index in [1.165, 1.54) is 11.1 Å². The Labute approximate surface area is 90.8 Å². The zero-order valence-electron chi connectivity index (χ0n) is 9.07. The summed E-state index contributed by atoms with van der Waals surface area (Å²) in [5.74, 6) is 0.837. The van der Waals surface area contributed by atoms with Gasteiger partial charge in [0.25, 0.3) is 0 Å². The molecule has 1 unspecified atom stereocenters. The molecule has 0 heterocycles. The van der Waals surface area contributed by atoms with E-state index in [9.17, 15) is 4.79 Å². The summed E-state index contributed by atoms with van der Waals surface area (Å²) < 4.78 is 0. The number of rotatable bonds is 2. The van der Waals surface area contributed by atoms with Crippen LogP contribution >= 0.6 is 0 Å². The Kier molecular flexibility index (Phi) is 3.00. The first-order valence-electron chi connectivity index (χ1n) is 5.61. The monoisotopic (exact) mass is 200 g/mol. The maximum absolute atomic E-state index is 11.4. The van der Waals surface area contributed by atoms with E-state index in [0.29, 0.717) is 5.92 Å². The van der Waals surface area contributed by atoms with E-state index in [1.54, 1.807) is 0 Å². The van der Waals surface area contributed by atoms with Gasteiger partial charge in [-0.1, -0.05) is 37.3 Å². The molecule has 0 fully saturated rings. The van der Waals surface area contributed by atoms with Crippen LogP contribution in [0.1, 0.15) is 31.7 Å². The van der Waals surface area contributed by atoms with Gasteiger partial charge in [-0.15, -0.1) is 0 Å². The van der Waals surface area contributed by atoms with Gasteiger partial charge >= 0.3 is 0 Å². The van der Waals surface area contributed by atoms with Crippen LogP contribution in [-0.4, -0.2) is 5.78 Å². The molecule has 0 radical (unpaired) electrons. The lowest BCUT2D eigenvalue weighted by Gasteiger charge is -2.22. The van der Waals surface area contributed by atoms with E-state index in [0.717, 1.165) is 19.3 Å². The van der Waals surface area contributed by atoms with Crippen LogP contribution in [0.3, 0.4) is 0 Å². The minimum absolute atomic E-state index is 0.276. The molecule has 1 aromatic rings. The first-order chi connectivity index (χ1) is 7.31. The van der Waals surface area contributed by atoms with E-state index in [-0.39, 0.29) is 5.78 Å². The first-order valence-corrected chi connectivity index (χ1v) is 5.61. The van der Waals surface area contributed by atoms with Gasteiger partial charge in [0, 0.05) is 6.42 Å². The highest BCUT2D eigenvalue weighted by Gasteiger charge is 2.20. The molecular weight excluding hydrogens is 184 g/mol. The largest absolute Gasteiger partial charge is 0.295 e. The number of carbonyl (C=O) groups excluding carboxylic acids is 1. The molecule has 0 amide bonds. The van der Waals surface area contributed by atoms with Crippen LogP contribution in [0.5, 0.6) is 0 Å². The molecule has 1 aromatic carbocycles. The number of ketones is 1. The molecule has 0 aromatic heterocycles. The van der Waals surface area contributed by atoms with Crippen molar-refractivity contribution in [1.82, 2.24) is 0 Å². The molecule has 0 bridgehead atoms. The lowest BCUT2D eigenvalue weighted by molar-refractivity contribution is -0.115. The summed E-state index contributed by atoms with van der Waals surface area (Å²) in [7, 11) is 0. The highest BCUT2D eigenvalue weighted by Crippen LogP contribution is 2.33. The highest BCUT2D eigenvalue weighted by molar-refractivity contribution is 5.98. The lowest BCUT2D eigenvalue weighted by atomic mass is 9.82. The quantitative estimate of drug-likeness (QED) is 0.714. The van der Waals surface area contributed by atoms with Crippen LogP contribution in [-0.2, 0) is 4.79 Å². The van der Waals surface area contributed by atoms with E-state index in [4.69, 9.17) is 0 Å². The van der Waals surface area contributed by atoms with Crippen molar-refractivity contribution in [2.45, 2.75) is 26.2 Å². The van der Waals surface area contributed by atoms with E-state index >= 15 is 0 Å². The molecule has 2 rings (SSSR count). The number of allylic oxidation sites excluding steroid dienone is 2. The Morgan fingerprint density at radius 2 is 2.00 bits per heavy atom. The van der Waals surface area contributed by atoms with Crippen molar-refractivity contribution in [3.63, 3.8) is 0 Å². The van der Waals surface area contributed by atoms with Gasteiger partial charge in [0.1, 0.15) is 0 Å². The Morgan fingerprint density at radius 3 is 2.67 bits per heavy atom. The molecule has 78 valence electrons. The molecule has 0 aliphatic heterocycles. The first kappa shape index (κ1) is 10.2. The van der Waals surface area contributed by atoms with Crippen molar-refractivity contribution in [1.29, 1.82) is 0 Å². The molecule has 0 spiro atoms. The topological polar surface area (TPSA) is 17.1 Å². The van der Waals surface area contributed by atoms with Crippen LogP contribution < -0.4 is 0 Å². The number of benzene rings is 1. The van der Waals surface area contributed by atoms with Gasteiger partial charge in [0.15, 0.2) is 5.78 Å². The minimum atomic E-state index is 0.276. The van der Waals surface area contributed by atoms with Crippen LogP contribution in [0.25, 0.3) is 5.57 Å². The molecule has 1 heteroatoms. The summed E-state index contributed by atoms with van der Waals surface area (Å²) in [5.41, 5.74) is 2.44. The minimum Gasteiger partial charge on any atom is -0.295 e. The summed E-state index contributed by atoms with van der Waals surface area (Å²) >= 11 is 0.